The number of benzene rings is 2. The van der Waals surface area contributed by atoms with E-state index in [0.717, 1.165) is 15.8 Å². The zero-order valence-electron chi connectivity index (χ0n) is 11.5. The van der Waals surface area contributed by atoms with E-state index >= 15 is 0 Å². The van der Waals surface area contributed by atoms with Gasteiger partial charge >= 0.3 is 0 Å². The molecule has 0 radical (unpaired) electrons. The lowest BCUT2D eigenvalue weighted by molar-refractivity contribution is 0.190. The molecule has 1 atom stereocenters. The molecule has 2 nitrogen and oxygen atoms in total. The zero-order valence-corrected chi connectivity index (χ0v) is 13.9. The predicted octanol–water partition coefficient (Wildman–Crippen LogP) is 5.30. The molecule has 0 saturated carbocycles. The third kappa shape index (κ3) is 3.12. The second-order valence-corrected chi connectivity index (χ2v) is 6.73. The molecule has 2 aromatic carbocycles. The van der Waals surface area contributed by atoms with E-state index in [1.54, 1.807) is 18.3 Å². The highest BCUT2D eigenvalue weighted by atomic mass is 79.9. The molecule has 0 aliphatic carbocycles. The van der Waals surface area contributed by atoms with Crippen molar-refractivity contribution < 1.29 is 9.84 Å². The number of hydrogen-bond donors (Lipinski definition) is 1. The molecule has 4 heteroatoms. The van der Waals surface area contributed by atoms with Crippen molar-refractivity contribution in [1.82, 2.24) is 0 Å². The molecule has 0 bridgehead atoms. The van der Waals surface area contributed by atoms with Crippen LogP contribution >= 0.6 is 27.3 Å². The SMILES string of the molecule is C[C@H](O)c1cc(Br)ccc1OCc1csc2ccccc12. The second kappa shape index (κ2) is 6.18. The van der Waals surface area contributed by atoms with Gasteiger partial charge in [0.2, 0.25) is 0 Å². The summed E-state index contributed by atoms with van der Waals surface area (Å²) in [5.41, 5.74) is 1.97. The van der Waals surface area contributed by atoms with Crippen molar-refractivity contribution in [3.05, 3.63) is 63.4 Å². The molecule has 0 aliphatic heterocycles. The van der Waals surface area contributed by atoms with E-state index in [9.17, 15) is 5.11 Å². The number of rotatable bonds is 4. The van der Waals surface area contributed by atoms with Gasteiger partial charge in [0.1, 0.15) is 12.4 Å². The van der Waals surface area contributed by atoms with Crippen LogP contribution in [0.2, 0.25) is 0 Å². The van der Waals surface area contributed by atoms with Gasteiger partial charge in [-0.2, -0.15) is 0 Å². The van der Waals surface area contributed by atoms with Gasteiger partial charge in [-0.3, -0.25) is 0 Å². The summed E-state index contributed by atoms with van der Waals surface area (Å²) in [6.07, 6.45) is -0.559. The topological polar surface area (TPSA) is 29.5 Å². The Balaban J connectivity index is 1.85. The maximum Gasteiger partial charge on any atom is 0.125 e. The molecule has 1 aromatic heterocycles. The summed E-state index contributed by atoms with van der Waals surface area (Å²) < 4.78 is 8.13. The number of halogens is 1. The van der Waals surface area contributed by atoms with E-state index in [0.29, 0.717) is 6.61 Å². The van der Waals surface area contributed by atoms with E-state index < -0.39 is 6.10 Å². The van der Waals surface area contributed by atoms with Crippen LogP contribution in [0.3, 0.4) is 0 Å². The minimum absolute atomic E-state index is 0.505. The Labute approximate surface area is 136 Å². The Morgan fingerprint density at radius 3 is 2.86 bits per heavy atom. The van der Waals surface area contributed by atoms with E-state index in [-0.39, 0.29) is 0 Å². The van der Waals surface area contributed by atoms with E-state index in [2.05, 4.69) is 33.4 Å². The Kier molecular flexibility index (Phi) is 4.29. The van der Waals surface area contributed by atoms with Crippen molar-refractivity contribution >= 4 is 37.4 Å². The number of fused-ring (bicyclic) bond motifs is 1. The molecule has 1 heterocycles. The molecular formula is C17H15BrO2S. The smallest absolute Gasteiger partial charge is 0.125 e. The van der Waals surface area contributed by atoms with Gasteiger partial charge in [0.15, 0.2) is 0 Å². The van der Waals surface area contributed by atoms with Gasteiger partial charge < -0.3 is 9.84 Å². The van der Waals surface area contributed by atoms with Crippen molar-refractivity contribution in [2.75, 3.05) is 0 Å². The molecule has 0 spiro atoms. The van der Waals surface area contributed by atoms with E-state index in [1.807, 2.05) is 30.3 Å². The van der Waals surface area contributed by atoms with Crippen LogP contribution in [-0.2, 0) is 6.61 Å². The first-order valence-electron chi connectivity index (χ1n) is 6.70. The van der Waals surface area contributed by atoms with Crippen LogP contribution in [-0.4, -0.2) is 5.11 Å². The lowest BCUT2D eigenvalue weighted by atomic mass is 10.1. The van der Waals surface area contributed by atoms with Gasteiger partial charge in [-0.15, -0.1) is 11.3 Å². The van der Waals surface area contributed by atoms with Crippen molar-refractivity contribution in [1.29, 1.82) is 0 Å². The fourth-order valence-electron chi connectivity index (χ4n) is 2.28. The molecular weight excluding hydrogens is 348 g/mol. The first-order valence-corrected chi connectivity index (χ1v) is 8.38. The van der Waals surface area contributed by atoms with Crippen LogP contribution in [0, 0.1) is 0 Å². The van der Waals surface area contributed by atoms with Crippen molar-refractivity contribution in [2.24, 2.45) is 0 Å². The first kappa shape index (κ1) is 14.6. The minimum Gasteiger partial charge on any atom is -0.488 e. The van der Waals surface area contributed by atoms with Gasteiger partial charge in [-0.1, -0.05) is 34.1 Å². The Bertz CT molecular complexity index is 764. The summed E-state index contributed by atoms with van der Waals surface area (Å²) in [7, 11) is 0. The van der Waals surface area contributed by atoms with Crippen LogP contribution < -0.4 is 4.74 Å². The molecule has 21 heavy (non-hydrogen) atoms. The van der Waals surface area contributed by atoms with Crippen LogP contribution in [0.1, 0.15) is 24.2 Å². The lowest BCUT2D eigenvalue weighted by Crippen LogP contribution is -2.00. The van der Waals surface area contributed by atoms with Gasteiger partial charge in [-0.05, 0) is 42.0 Å². The van der Waals surface area contributed by atoms with Gasteiger partial charge in [0, 0.05) is 20.3 Å². The summed E-state index contributed by atoms with van der Waals surface area (Å²) in [4.78, 5) is 0. The number of ether oxygens (including phenoxy) is 1. The summed E-state index contributed by atoms with van der Waals surface area (Å²) in [6, 6.07) is 14.0. The highest BCUT2D eigenvalue weighted by Gasteiger charge is 2.11. The average Bonchev–Trinajstić information content (AvgIpc) is 2.89. The molecule has 3 aromatic rings. The minimum atomic E-state index is -0.559. The molecule has 3 rings (SSSR count). The number of thiophene rings is 1. The average molecular weight is 363 g/mol. The van der Waals surface area contributed by atoms with Crippen LogP contribution in [0.4, 0.5) is 0 Å². The zero-order chi connectivity index (χ0) is 14.8. The lowest BCUT2D eigenvalue weighted by Gasteiger charge is -2.13. The Morgan fingerprint density at radius 2 is 2.05 bits per heavy atom. The molecule has 108 valence electrons. The maximum absolute atomic E-state index is 9.86. The Morgan fingerprint density at radius 1 is 1.24 bits per heavy atom. The van der Waals surface area contributed by atoms with Gasteiger partial charge in [0.25, 0.3) is 0 Å². The second-order valence-electron chi connectivity index (χ2n) is 4.90. The van der Waals surface area contributed by atoms with Crippen molar-refractivity contribution in [2.45, 2.75) is 19.6 Å². The third-order valence-corrected chi connectivity index (χ3v) is 4.87. The summed E-state index contributed by atoms with van der Waals surface area (Å²) in [6.45, 7) is 2.25. The summed E-state index contributed by atoms with van der Waals surface area (Å²) in [5, 5.41) is 13.2. The number of hydrogen-bond acceptors (Lipinski definition) is 3. The molecule has 1 N–H and O–H groups in total. The first-order chi connectivity index (χ1) is 10.1. The van der Waals surface area contributed by atoms with Crippen LogP contribution in [0.5, 0.6) is 5.75 Å². The maximum atomic E-state index is 9.86. The van der Waals surface area contributed by atoms with Gasteiger partial charge in [0.05, 0.1) is 6.10 Å². The monoisotopic (exact) mass is 362 g/mol. The van der Waals surface area contributed by atoms with E-state index in [1.165, 1.54) is 15.6 Å². The largest absolute Gasteiger partial charge is 0.488 e. The van der Waals surface area contributed by atoms with Crippen LogP contribution in [0.25, 0.3) is 10.1 Å². The quantitative estimate of drug-likeness (QED) is 0.682. The standard InChI is InChI=1S/C17H15BrO2S/c1-11(19)15-8-13(18)6-7-16(15)20-9-12-10-21-17-5-3-2-4-14(12)17/h2-8,10-11,19H,9H2,1H3/t11-/m0/s1. The molecule has 0 aliphatic rings. The Hall–Kier alpha value is -1.36. The highest BCUT2D eigenvalue weighted by Crippen LogP contribution is 2.31. The van der Waals surface area contributed by atoms with E-state index in [4.69, 9.17) is 4.74 Å². The molecule has 0 amide bonds. The fourth-order valence-corrected chi connectivity index (χ4v) is 3.60. The summed E-state index contributed by atoms with van der Waals surface area (Å²) >= 11 is 5.15. The summed E-state index contributed by atoms with van der Waals surface area (Å²) in [5.74, 6) is 0.725. The molecule has 0 fully saturated rings. The third-order valence-electron chi connectivity index (χ3n) is 3.37. The molecule has 0 unspecified atom stereocenters. The van der Waals surface area contributed by atoms with Crippen LogP contribution in [0.15, 0.2) is 52.3 Å². The molecule has 0 saturated heterocycles. The number of aliphatic hydroxyl groups is 1. The van der Waals surface area contributed by atoms with Gasteiger partial charge in [-0.25, -0.2) is 0 Å². The fraction of sp³-hybridized carbons (Fsp3) is 0.176. The van der Waals surface area contributed by atoms with Crippen molar-refractivity contribution in [3.8, 4) is 5.75 Å². The normalized spacial score (nSPS) is 12.5. The van der Waals surface area contributed by atoms with Crippen molar-refractivity contribution in [3.63, 3.8) is 0 Å². The predicted molar refractivity (Wildman–Crippen MR) is 90.9 cm³/mol. The number of aliphatic hydroxyl groups excluding tert-OH is 1. The highest BCUT2D eigenvalue weighted by molar-refractivity contribution is 9.10.